The fourth-order valence-corrected chi connectivity index (χ4v) is 4.70. The van der Waals surface area contributed by atoms with E-state index in [1.165, 1.54) is 4.90 Å². The van der Waals surface area contributed by atoms with Crippen LogP contribution in [-0.4, -0.2) is 50.9 Å². The van der Waals surface area contributed by atoms with Crippen molar-refractivity contribution in [3.05, 3.63) is 88.0 Å². The van der Waals surface area contributed by atoms with Gasteiger partial charge in [0.1, 0.15) is 5.82 Å². The van der Waals surface area contributed by atoms with Gasteiger partial charge >= 0.3 is 12.4 Å². The topological polar surface area (TPSA) is 41.4 Å². The van der Waals surface area contributed by atoms with Crippen LogP contribution in [0.25, 0.3) is 0 Å². The molecule has 1 aliphatic rings. The van der Waals surface area contributed by atoms with Crippen molar-refractivity contribution in [1.29, 1.82) is 0 Å². The minimum Gasteiger partial charge on any atom is -0.337 e. The van der Waals surface area contributed by atoms with Crippen molar-refractivity contribution in [2.45, 2.75) is 45.2 Å². The monoisotopic (exact) mass is 610 g/mol. The van der Waals surface area contributed by atoms with E-state index in [1.807, 2.05) is 49.9 Å². The predicted molar refractivity (Wildman–Crippen MR) is 144 cm³/mol. The molecule has 5 nitrogen and oxygen atoms in total. The molecular weight excluding hydrogens is 581 g/mol. The van der Waals surface area contributed by atoms with Gasteiger partial charge in [0.05, 0.1) is 17.7 Å². The van der Waals surface area contributed by atoms with Crippen molar-refractivity contribution in [2.75, 3.05) is 19.6 Å². The van der Waals surface area contributed by atoms with E-state index in [2.05, 4.69) is 9.88 Å². The summed E-state index contributed by atoms with van der Waals surface area (Å²) < 4.78 is 82.5. The number of hydrogen-bond donors (Lipinski definition) is 0. The highest BCUT2D eigenvalue weighted by atomic mass is 35.5. The molecule has 0 saturated carbocycles. The van der Waals surface area contributed by atoms with Gasteiger partial charge in [0.15, 0.2) is 0 Å². The summed E-state index contributed by atoms with van der Waals surface area (Å²) in [6, 6.07) is 6.44. The first-order valence-corrected chi connectivity index (χ1v) is 12.1. The highest BCUT2D eigenvalue weighted by Crippen LogP contribution is 2.37. The first kappa shape index (κ1) is 33.4. The fourth-order valence-electron chi connectivity index (χ4n) is 4.70. The fraction of sp³-hybridized carbons (Fsp3) is 0.407. The number of amides is 1. The van der Waals surface area contributed by atoms with E-state index in [1.54, 1.807) is 6.20 Å². The smallest absolute Gasteiger partial charge is 0.337 e. The maximum atomic E-state index is 13.5. The quantitative estimate of drug-likeness (QED) is 0.310. The Bertz CT molecular complexity index is 1290. The summed E-state index contributed by atoms with van der Waals surface area (Å²) in [5.74, 6) is -0.0468. The lowest BCUT2D eigenvalue weighted by Crippen LogP contribution is -2.55. The molecule has 13 heteroatoms. The van der Waals surface area contributed by atoms with Crippen LogP contribution in [0, 0.1) is 13.8 Å². The second-order valence-corrected chi connectivity index (χ2v) is 9.76. The minimum absolute atomic E-state index is 0. The summed E-state index contributed by atoms with van der Waals surface area (Å²) in [7, 11) is 1.86. The van der Waals surface area contributed by atoms with Crippen LogP contribution in [0.3, 0.4) is 0 Å². The number of nitrogens with zero attached hydrogens (tertiary/aromatic N) is 4. The van der Waals surface area contributed by atoms with Crippen molar-refractivity contribution in [2.24, 2.45) is 7.05 Å². The van der Waals surface area contributed by atoms with Gasteiger partial charge in [-0.2, -0.15) is 26.3 Å². The number of imidazole rings is 1. The lowest BCUT2D eigenvalue weighted by Gasteiger charge is -2.41. The lowest BCUT2D eigenvalue weighted by atomic mass is 9.97. The van der Waals surface area contributed by atoms with Crippen molar-refractivity contribution >= 4 is 30.7 Å². The maximum Gasteiger partial charge on any atom is 0.416 e. The van der Waals surface area contributed by atoms with Gasteiger partial charge in [0.2, 0.25) is 0 Å². The highest BCUT2D eigenvalue weighted by Gasteiger charge is 2.39. The van der Waals surface area contributed by atoms with Crippen molar-refractivity contribution in [1.82, 2.24) is 19.4 Å². The first-order chi connectivity index (χ1) is 17.7. The molecule has 1 amide bonds. The zero-order valence-corrected chi connectivity index (χ0v) is 23.6. The van der Waals surface area contributed by atoms with Gasteiger partial charge in [-0.3, -0.25) is 9.69 Å². The van der Waals surface area contributed by atoms with Gasteiger partial charge < -0.3 is 9.47 Å². The van der Waals surface area contributed by atoms with E-state index in [0.717, 1.165) is 22.5 Å². The van der Waals surface area contributed by atoms with Crippen LogP contribution in [-0.2, 0) is 32.4 Å². The predicted octanol–water partition coefficient (Wildman–Crippen LogP) is 6.49. The summed E-state index contributed by atoms with van der Waals surface area (Å²) in [6.45, 7) is 5.35. The molecule has 3 aromatic rings. The van der Waals surface area contributed by atoms with E-state index in [4.69, 9.17) is 0 Å². The third kappa shape index (κ3) is 7.70. The lowest BCUT2D eigenvalue weighted by molar-refractivity contribution is -0.143. The Hall–Kier alpha value is -2.76. The molecule has 1 aliphatic heterocycles. The summed E-state index contributed by atoms with van der Waals surface area (Å²) in [5.41, 5.74) is -0.576. The Morgan fingerprint density at radius 1 is 0.925 bits per heavy atom. The molecule has 220 valence electrons. The van der Waals surface area contributed by atoms with Crippen LogP contribution >= 0.6 is 24.8 Å². The number of aryl methyl sites for hydroxylation is 3. The Labute approximate surface area is 241 Å². The minimum atomic E-state index is -5.03. The Balaban J connectivity index is 0.00000280. The molecular formula is C27H30Cl2F6N4O. The van der Waals surface area contributed by atoms with Crippen molar-refractivity contribution < 1.29 is 31.1 Å². The van der Waals surface area contributed by atoms with Crippen molar-refractivity contribution in [3.63, 3.8) is 0 Å². The number of carbonyl (C=O) groups is 1. The Morgan fingerprint density at radius 3 is 2.08 bits per heavy atom. The van der Waals surface area contributed by atoms with Gasteiger partial charge in [-0.1, -0.05) is 18.2 Å². The second kappa shape index (κ2) is 12.8. The molecule has 1 aromatic heterocycles. The molecule has 0 aliphatic carbocycles. The van der Waals surface area contributed by atoms with E-state index < -0.39 is 41.0 Å². The van der Waals surface area contributed by atoms with Gasteiger partial charge in [-0.25, -0.2) is 4.98 Å². The van der Waals surface area contributed by atoms with Crippen LogP contribution in [0.2, 0.25) is 0 Å². The van der Waals surface area contributed by atoms with Crippen LogP contribution in [0.5, 0.6) is 0 Å². The standard InChI is InChI=1S/C27H28F6N4O.2ClH/c1-17-4-5-19(10-18(17)2)11-23-15-36(16-24-34-6-7-35(24)3)8-9-37(23)25(38)20-12-21(26(28,29)30)14-22(13-20)27(31,32)33;;/h4-7,10,12-14,23H,8-9,11,15-16H2,1-3H3;2*1H/t23-;;/m1../s1. The summed E-state index contributed by atoms with van der Waals surface area (Å²) in [4.78, 5) is 21.3. The molecule has 1 fully saturated rings. The normalized spacial score (nSPS) is 16.3. The molecule has 2 aromatic carbocycles. The van der Waals surface area contributed by atoms with Crippen LogP contribution in [0.4, 0.5) is 26.3 Å². The van der Waals surface area contributed by atoms with Gasteiger partial charge in [0, 0.05) is 50.7 Å². The average molecular weight is 611 g/mol. The molecule has 1 saturated heterocycles. The number of benzene rings is 2. The van der Waals surface area contributed by atoms with E-state index >= 15 is 0 Å². The number of hydrogen-bond acceptors (Lipinski definition) is 3. The third-order valence-corrected chi connectivity index (χ3v) is 6.99. The molecule has 4 rings (SSSR count). The van der Waals surface area contributed by atoms with E-state index in [-0.39, 0.29) is 37.4 Å². The highest BCUT2D eigenvalue weighted by molar-refractivity contribution is 5.95. The number of rotatable bonds is 5. The zero-order chi connectivity index (χ0) is 27.8. The molecule has 0 bridgehead atoms. The summed E-state index contributed by atoms with van der Waals surface area (Å²) in [5, 5.41) is 0. The van der Waals surface area contributed by atoms with Crippen LogP contribution in [0.15, 0.2) is 48.8 Å². The van der Waals surface area contributed by atoms with Gasteiger partial charge in [-0.15, -0.1) is 24.8 Å². The van der Waals surface area contributed by atoms with Crippen molar-refractivity contribution in [3.8, 4) is 0 Å². The molecule has 0 radical (unpaired) electrons. The van der Waals surface area contributed by atoms with Gasteiger partial charge in [-0.05, 0) is 55.2 Å². The maximum absolute atomic E-state index is 13.5. The number of carbonyl (C=O) groups excluding carboxylic acids is 1. The number of piperazine rings is 1. The average Bonchev–Trinajstić information content (AvgIpc) is 3.24. The van der Waals surface area contributed by atoms with Crippen LogP contribution < -0.4 is 0 Å². The van der Waals surface area contributed by atoms with Gasteiger partial charge in [0.25, 0.3) is 5.91 Å². The molecule has 0 spiro atoms. The SMILES string of the molecule is Cc1ccc(C[C@@H]2CN(Cc3nccn3C)CCN2C(=O)c2cc(C(F)(F)F)cc(C(F)(F)F)c2)cc1C.Cl.Cl. The molecule has 0 N–H and O–H groups in total. The number of halogens is 8. The largest absolute Gasteiger partial charge is 0.416 e. The molecule has 40 heavy (non-hydrogen) atoms. The first-order valence-electron chi connectivity index (χ1n) is 12.1. The second-order valence-electron chi connectivity index (χ2n) is 9.76. The molecule has 0 unspecified atom stereocenters. The van der Waals surface area contributed by atoms with Crippen LogP contribution in [0.1, 0.15) is 44.0 Å². The Kier molecular flexibility index (Phi) is 10.7. The zero-order valence-electron chi connectivity index (χ0n) is 22.0. The Morgan fingerprint density at radius 2 is 1.55 bits per heavy atom. The molecule has 2 heterocycles. The summed E-state index contributed by atoms with van der Waals surface area (Å²) >= 11 is 0. The van der Waals surface area contributed by atoms with E-state index in [0.29, 0.717) is 38.2 Å². The van der Waals surface area contributed by atoms with E-state index in [9.17, 15) is 31.1 Å². The number of alkyl halides is 6. The summed E-state index contributed by atoms with van der Waals surface area (Å²) in [6.07, 6.45) is -6.18. The number of aromatic nitrogens is 2. The molecule has 1 atom stereocenters. The third-order valence-electron chi connectivity index (χ3n) is 6.99.